The van der Waals surface area contributed by atoms with E-state index < -0.39 is 29.2 Å². The van der Waals surface area contributed by atoms with E-state index in [1.165, 1.54) is 35.1 Å². The number of benzene rings is 2. The predicted octanol–water partition coefficient (Wildman–Crippen LogP) is 2.60. The fraction of sp³-hybridized carbons (Fsp3) is 0.182. The second-order valence-corrected chi connectivity index (χ2v) is 7.45. The highest BCUT2D eigenvalue weighted by Crippen LogP contribution is 2.22. The molecule has 4 rings (SSSR count). The summed E-state index contributed by atoms with van der Waals surface area (Å²) < 4.78 is 14.7. The van der Waals surface area contributed by atoms with Crippen LogP contribution in [0.4, 0.5) is 9.18 Å². The average Bonchev–Trinajstić information content (AvgIpc) is 3.33. The number of nitrogens with one attached hydrogen (secondary N) is 2. The maximum atomic E-state index is 13.4. The molecule has 158 valence electrons. The molecule has 31 heavy (non-hydrogen) atoms. The molecule has 1 atom stereocenters. The summed E-state index contributed by atoms with van der Waals surface area (Å²) in [6.45, 7) is 1.63. The summed E-state index contributed by atoms with van der Waals surface area (Å²) in [6.07, 6.45) is 2.45. The Hall–Kier alpha value is -4.01. The molecule has 2 N–H and O–H groups in total. The van der Waals surface area contributed by atoms with Gasteiger partial charge in [-0.05, 0) is 49.6 Å². The number of imide groups is 1. The summed E-state index contributed by atoms with van der Waals surface area (Å²) in [5.41, 5.74) is 2.62. The van der Waals surface area contributed by atoms with Crippen LogP contribution in [0.1, 0.15) is 29.4 Å². The summed E-state index contributed by atoms with van der Waals surface area (Å²) in [5, 5.41) is 7.42. The lowest BCUT2D eigenvalue weighted by molar-refractivity contribution is -0.132. The SMILES string of the molecule is CC1(CCc2ccccc2)NC(=O)N(NC(=O)c2ccn(-c3cccc(F)c3)n2)C1=O. The molecular weight excluding hydrogens is 401 g/mol. The van der Waals surface area contributed by atoms with Gasteiger partial charge in [0.05, 0.1) is 5.69 Å². The molecule has 1 aliphatic rings. The molecule has 1 aliphatic heterocycles. The third-order valence-corrected chi connectivity index (χ3v) is 5.13. The number of hydrazine groups is 1. The number of hydrogen-bond donors (Lipinski definition) is 2. The number of rotatable bonds is 6. The maximum Gasteiger partial charge on any atom is 0.344 e. The average molecular weight is 421 g/mol. The van der Waals surface area contributed by atoms with Crippen LogP contribution in [0, 0.1) is 5.82 Å². The quantitative estimate of drug-likeness (QED) is 0.598. The Bertz CT molecular complexity index is 1150. The van der Waals surface area contributed by atoms with E-state index in [2.05, 4.69) is 15.8 Å². The van der Waals surface area contributed by atoms with Crippen LogP contribution in [0.3, 0.4) is 0 Å². The van der Waals surface area contributed by atoms with Crippen molar-refractivity contribution >= 4 is 17.8 Å². The van der Waals surface area contributed by atoms with Gasteiger partial charge in [-0.1, -0.05) is 36.4 Å². The van der Waals surface area contributed by atoms with E-state index in [9.17, 15) is 18.8 Å². The van der Waals surface area contributed by atoms with Gasteiger partial charge in [0, 0.05) is 6.20 Å². The number of nitrogens with zero attached hydrogens (tertiary/aromatic N) is 3. The van der Waals surface area contributed by atoms with Gasteiger partial charge in [0.25, 0.3) is 11.8 Å². The molecule has 0 saturated carbocycles. The van der Waals surface area contributed by atoms with Crippen LogP contribution >= 0.6 is 0 Å². The fourth-order valence-electron chi connectivity index (χ4n) is 3.36. The van der Waals surface area contributed by atoms with Gasteiger partial charge in [-0.25, -0.2) is 13.9 Å². The molecule has 1 saturated heterocycles. The molecule has 0 bridgehead atoms. The smallest absolute Gasteiger partial charge is 0.322 e. The van der Waals surface area contributed by atoms with E-state index in [1.807, 2.05) is 30.3 Å². The minimum atomic E-state index is -1.14. The Morgan fingerprint density at radius 2 is 1.90 bits per heavy atom. The van der Waals surface area contributed by atoms with Gasteiger partial charge in [0.2, 0.25) is 0 Å². The van der Waals surface area contributed by atoms with Crippen molar-refractivity contribution in [1.82, 2.24) is 25.5 Å². The Labute approximate surface area is 177 Å². The number of aryl methyl sites for hydroxylation is 1. The van der Waals surface area contributed by atoms with Crippen LogP contribution in [0.2, 0.25) is 0 Å². The van der Waals surface area contributed by atoms with Crippen molar-refractivity contribution in [1.29, 1.82) is 0 Å². The molecule has 0 aliphatic carbocycles. The highest BCUT2D eigenvalue weighted by molar-refractivity contribution is 6.08. The van der Waals surface area contributed by atoms with E-state index >= 15 is 0 Å². The monoisotopic (exact) mass is 421 g/mol. The van der Waals surface area contributed by atoms with Crippen molar-refractivity contribution in [2.24, 2.45) is 0 Å². The zero-order valence-electron chi connectivity index (χ0n) is 16.7. The molecule has 1 fully saturated rings. The maximum absolute atomic E-state index is 13.4. The summed E-state index contributed by atoms with van der Waals surface area (Å²) >= 11 is 0. The van der Waals surface area contributed by atoms with Gasteiger partial charge in [0.15, 0.2) is 5.69 Å². The topological polar surface area (TPSA) is 96.3 Å². The number of amides is 4. The fourth-order valence-corrected chi connectivity index (χ4v) is 3.36. The molecule has 1 aromatic heterocycles. The van der Waals surface area contributed by atoms with Crippen LogP contribution in [0.15, 0.2) is 66.9 Å². The summed E-state index contributed by atoms with van der Waals surface area (Å²) in [5.74, 6) is -1.72. The molecule has 9 heteroatoms. The van der Waals surface area contributed by atoms with E-state index in [0.717, 1.165) is 5.56 Å². The normalized spacial score (nSPS) is 18.2. The number of hydrogen-bond acceptors (Lipinski definition) is 4. The van der Waals surface area contributed by atoms with Crippen molar-refractivity contribution in [3.05, 3.63) is 83.9 Å². The third-order valence-electron chi connectivity index (χ3n) is 5.13. The molecule has 2 heterocycles. The third kappa shape index (κ3) is 4.16. The summed E-state index contributed by atoms with van der Waals surface area (Å²) in [6, 6.07) is 16.0. The van der Waals surface area contributed by atoms with Gasteiger partial charge < -0.3 is 5.32 Å². The summed E-state index contributed by atoms with van der Waals surface area (Å²) in [7, 11) is 0. The first-order valence-corrected chi connectivity index (χ1v) is 9.69. The van der Waals surface area contributed by atoms with Crippen molar-refractivity contribution < 1.29 is 18.8 Å². The van der Waals surface area contributed by atoms with Gasteiger partial charge >= 0.3 is 6.03 Å². The highest BCUT2D eigenvalue weighted by atomic mass is 19.1. The molecule has 3 aromatic rings. The second kappa shape index (κ2) is 8.02. The number of halogens is 1. The number of carbonyl (C=O) groups excluding carboxylic acids is 3. The minimum absolute atomic E-state index is 0.0252. The Morgan fingerprint density at radius 3 is 2.65 bits per heavy atom. The lowest BCUT2D eigenvalue weighted by Crippen LogP contribution is -2.49. The number of urea groups is 1. The Morgan fingerprint density at radius 1 is 1.13 bits per heavy atom. The second-order valence-electron chi connectivity index (χ2n) is 7.45. The Kier molecular flexibility index (Phi) is 5.24. The standard InChI is InChI=1S/C22H20FN5O3/c1-22(12-10-15-6-3-2-4-7-15)20(30)28(21(31)24-22)26-19(29)18-11-13-27(25-18)17-9-5-8-16(23)14-17/h2-9,11,13-14H,10,12H2,1H3,(H,24,31)(H,26,29). The first-order chi connectivity index (χ1) is 14.9. The van der Waals surface area contributed by atoms with Gasteiger partial charge in [-0.15, -0.1) is 0 Å². The molecule has 0 radical (unpaired) electrons. The predicted molar refractivity (Wildman–Crippen MR) is 110 cm³/mol. The van der Waals surface area contributed by atoms with Gasteiger partial charge in [-0.3, -0.25) is 15.0 Å². The van der Waals surface area contributed by atoms with Crippen LogP contribution in [0.5, 0.6) is 0 Å². The first kappa shape index (κ1) is 20.3. The summed E-state index contributed by atoms with van der Waals surface area (Å²) in [4.78, 5) is 37.8. The molecule has 0 spiro atoms. The number of carbonyl (C=O) groups is 3. The molecule has 4 amide bonds. The van der Waals surface area contributed by atoms with Crippen molar-refractivity contribution in [3.63, 3.8) is 0 Å². The van der Waals surface area contributed by atoms with E-state index in [4.69, 9.17) is 0 Å². The zero-order chi connectivity index (χ0) is 22.0. The van der Waals surface area contributed by atoms with Crippen LogP contribution in [-0.2, 0) is 11.2 Å². The van der Waals surface area contributed by atoms with Crippen LogP contribution in [-0.4, -0.2) is 38.2 Å². The highest BCUT2D eigenvalue weighted by Gasteiger charge is 2.48. The van der Waals surface area contributed by atoms with Crippen LogP contribution < -0.4 is 10.7 Å². The Balaban J connectivity index is 1.43. The van der Waals surface area contributed by atoms with Gasteiger partial charge in [-0.2, -0.15) is 10.1 Å². The van der Waals surface area contributed by atoms with Crippen molar-refractivity contribution in [3.8, 4) is 5.69 Å². The molecule has 2 aromatic carbocycles. The lowest BCUT2D eigenvalue weighted by Gasteiger charge is -2.21. The first-order valence-electron chi connectivity index (χ1n) is 9.69. The zero-order valence-corrected chi connectivity index (χ0v) is 16.7. The lowest BCUT2D eigenvalue weighted by atomic mass is 9.93. The van der Waals surface area contributed by atoms with E-state index in [0.29, 0.717) is 23.5 Å². The molecule has 1 unspecified atom stereocenters. The van der Waals surface area contributed by atoms with Crippen molar-refractivity contribution in [2.75, 3.05) is 0 Å². The largest absolute Gasteiger partial charge is 0.344 e. The molecule has 8 nitrogen and oxygen atoms in total. The van der Waals surface area contributed by atoms with Gasteiger partial charge in [0.1, 0.15) is 11.4 Å². The number of aromatic nitrogens is 2. The van der Waals surface area contributed by atoms with Crippen LogP contribution in [0.25, 0.3) is 5.69 Å². The van der Waals surface area contributed by atoms with Crippen molar-refractivity contribution in [2.45, 2.75) is 25.3 Å². The van der Waals surface area contributed by atoms with E-state index in [-0.39, 0.29) is 5.69 Å². The molecular formula is C22H20FN5O3. The minimum Gasteiger partial charge on any atom is -0.322 e. The van der Waals surface area contributed by atoms with E-state index in [1.54, 1.807) is 13.0 Å².